The van der Waals surface area contributed by atoms with E-state index in [-0.39, 0.29) is 11.9 Å². The van der Waals surface area contributed by atoms with Crippen LogP contribution in [0.25, 0.3) is 11.1 Å². The Labute approximate surface area is 150 Å². The monoisotopic (exact) mass is 344 g/mol. The van der Waals surface area contributed by atoms with Crippen molar-refractivity contribution in [2.75, 3.05) is 0 Å². The van der Waals surface area contributed by atoms with E-state index in [2.05, 4.69) is 32.3 Å². The van der Waals surface area contributed by atoms with Crippen LogP contribution in [-0.2, 0) is 6.42 Å². The first kappa shape index (κ1) is 19.2. The van der Waals surface area contributed by atoms with Crippen LogP contribution in [-0.4, -0.2) is 10.5 Å². The second-order valence-electron chi connectivity index (χ2n) is 7.11. The first-order valence-corrected chi connectivity index (χ1v) is 9.08. The van der Waals surface area contributed by atoms with Gasteiger partial charge < -0.3 is 10.3 Å². The van der Waals surface area contributed by atoms with Crippen molar-refractivity contribution in [3.8, 4) is 11.1 Å². The summed E-state index contributed by atoms with van der Waals surface area (Å²) in [5.74, 6) is -0.353. The van der Waals surface area contributed by atoms with Crippen molar-refractivity contribution in [3.05, 3.63) is 47.0 Å². The lowest BCUT2D eigenvalue weighted by molar-refractivity contribution is 0.1000. The van der Waals surface area contributed by atoms with Gasteiger partial charge in [0.25, 0.3) is 5.91 Å². The topological polar surface area (TPSA) is 48.0 Å². The minimum absolute atomic E-state index is 0.229. The number of aromatic nitrogens is 1. The molecule has 0 radical (unpaired) electrons. The lowest BCUT2D eigenvalue weighted by atomic mass is 9.97. The standard InChI is InChI=1S/C21H29FN2O/c1-6-7-11-18-20(16-9-8-10-17(22)12-16)19(21(23)25)15(5)24(18)14(4)13(2)3/h8-10,12-14H,6-7,11H2,1-5H3,(H2,23,25). The predicted molar refractivity (Wildman–Crippen MR) is 101 cm³/mol. The Bertz CT molecular complexity index is 761. The second-order valence-corrected chi connectivity index (χ2v) is 7.11. The molecule has 1 amide bonds. The fourth-order valence-electron chi connectivity index (χ4n) is 3.46. The Kier molecular flexibility index (Phi) is 6.04. The van der Waals surface area contributed by atoms with E-state index in [9.17, 15) is 9.18 Å². The van der Waals surface area contributed by atoms with Crippen LogP contribution in [0.2, 0.25) is 0 Å². The summed E-state index contributed by atoms with van der Waals surface area (Å²) in [5.41, 5.74) is 9.72. The van der Waals surface area contributed by atoms with E-state index in [0.29, 0.717) is 11.5 Å². The molecule has 0 fully saturated rings. The van der Waals surface area contributed by atoms with Crippen molar-refractivity contribution in [1.29, 1.82) is 0 Å². The molecule has 136 valence electrons. The summed E-state index contributed by atoms with van der Waals surface area (Å²) in [4.78, 5) is 12.2. The summed E-state index contributed by atoms with van der Waals surface area (Å²) in [6, 6.07) is 6.66. The fraction of sp³-hybridized carbons (Fsp3) is 0.476. The zero-order valence-corrected chi connectivity index (χ0v) is 15.9. The number of hydrogen-bond donors (Lipinski definition) is 1. The lowest BCUT2D eigenvalue weighted by Crippen LogP contribution is -2.17. The summed E-state index contributed by atoms with van der Waals surface area (Å²) in [5, 5.41) is 0. The molecule has 1 heterocycles. The van der Waals surface area contributed by atoms with Gasteiger partial charge in [0.2, 0.25) is 0 Å². The molecule has 0 aliphatic rings. The highest BCUT2D eigenvalue weighted by Crippen LogP contribution is 2.37. The van der Waals surface area contributed by atoms with Crippen LogP contribution in [0.1, 0.15) is 68.3 Å². The van der Waals surface area contributed by atoms with Gasteiger partial charge in [-0.1, -0.05) is 39.3 Å². The third kappa shape index (κ3) is 3.78. The summed E-state index contributed by atoms with van der Waals surface area (Å²) < 4.78 is 16.1. The highest BCUT2D eigenvalue weighted by molar-refractivity contribution is 6.02. The number of unbranched alkanes of at least 4 members (excludes halogenated alkanes) is 1. The van der Waals surface area contributed by atoms with E-state index in [1.165, 1.54) is 12.1 Å². The SMILES string of the molecule is CCCCc1c(-c2cccc(F)c2)c(C(N)=O)c(C)n1C(C)C(C)C. The van der Waals surface area contributed by atoms with Gasteiger partial charge in [0.1, 0.15) is 5.82 Å². The van der Waals surface area contributed by atoms with Crippen molar-refractivity contribution in [2.24, 2.45) is 11.7 Å². The maximum absolute atomic E-state index is 13.8. The van der Waals surface area contributed by atoms with E-state index < -0.39 is 5.91 Å². The number of amides is 1. The number of nitrogens with two attached hydrogens (primary N) is 1. The summed E-state index contributed by atoms with van der Waals surface area (Å²) in [6.07, 6.45) is 2.90. The van der Waals surface area contributed by atoms with Crippen molar-refractivity contribution in [1.82, 2.24) is 4.57 Å². The summed E-state index contributed by atoms with van der Waals surface area (Å²) in [6.45, 7) is 10.6. The van der Waals surface area contributed by atoms with Gasteiger partial charge in [-0.15, -0.1) is 0 Å². The number of carbonyl (C=O) groups is 1. The summed E-state index contributed by atoms with van der Waals surface area (Å²) in [7, 11) is 0. The molecule has 0 aliphatic heterocycles. The molecule has 0 aliphatic carbocycles. The molecule has 0 saturated heterocycles. The fourth-order valence-corrected chi connectivity index (χ4v) is 3.46. The van der Waals surface area contributed by atoms with Crippen LogP contribution in [0.15, 0.2) is 24.3 Å². The number of primary amides is 1. The molecule has 25 heavy (non-hydrogen) atoms. The number of hydrogen-bond acceptors (Lipinski definition) is 1. The van der Waals surface area contributed by atoms with Crippen LogP contribution < -0.4 is 5.73 Å². The third-order valence-corrected chi connectivity index (χ3v) is 5.05. The second kappa shape index (κ2) is 7.85. The van der Waals surface area contributed by atoms with Gasteiger partial charge in [-0.25, -0.2) is 4.39 Å². The molecule has 4 heteroatoms. The third-order valence-electron chi connectivity index (χ3n) is 5.05. The molecule has 1 aromatic carbocycles. The van der Waals surface area contributed by atoms with Crippen molar-refractivity contribution < 1.29 is 9.18 Å². The molecular formula is C21H29FN2O. The van der Waals surface area contributed by atoms with Crippen molar-refractivity contribution in [2.45, 2.75) is 59.9 Å². The first-order valence-electron chi connectivity index (χ1n) is 9.08. The molecule has 2 N–H and O–H groups in total. The zero-order chi connectivity index (χ0) is 18.7. The predicted octanol–water partition coefficient (Wildman–Crippen LogP) is 5.26. The van der Waals surface area contributed by atoms with Gasteiger partial charge in [0.15, 0.2) is 0 Å². The quantitative estimate of drug-likeness (QED) is 0.731. The molecular weight excluding hydrogens is 315 g/mol. The lowest BCUT2D eigenvalue weighted by Gasteiger charge is -2.23. The largest absolute Gasteiger partial charge is 0.366 e. The zero-order valence-electron chi connectivity index (χ0n) is 15.9. The molecule has 1 aromatic heterocycles. The van der Waals surface area contributed by atoms with E-state index in [4.69, 9.17) is 5.73 Å². The van der Waals surface area contributed by atoms with E-state index in [1.54, 1.807) is 6.07 Å². The molecule has 0 bridgehead atoms. The average molecular weight is 344 g/mol. The highest BCUT2D eigenvalue weighted by Gasteiger charge is 2.27. The van der Waals surface area contributed by atoms with E-state index in [1.807, 2.05) is 13.0 Å². The van der Waals surface area contributed by atoms with Crippen LogP contribution in [0.5, 0.6) is 0 Å². The molecule has 1 unspecified atom stereocenters. The molecule has 3 nitrogen and oxygen atoms in total. The molecule has 0 spiro atoms. The number of rotatable bonds is 7. The Hall–Kier alpha value is -2.10. The number of carbonyl (C=O) groups excluding carboxylic acids is 1. The van der Waals surface area contributed by atoms with Crippen LogP contribution in [0.3, 0.4) is 0 Å². The Morgan fingerprint density at radius 3 is 2.48 bits per heavy atom. The minimum atomic E-state index is -0.454. The van der Waals surface area contributed by atoms with Gasteiger partial charge in [-0.05, 0) is 50.3 Å². The highest BCUT2D eigenvalue weighted by atomic mass is 19.1. The van der Waals surface area contributed by atoms with Crippen molar-refractivity contribution >= 4 is 5.91 Å². The minimum Gasteiger partial charge on any atom is -0.366 e. The van der Waals surface area contributed by atoms with Crippen LogP contribution in [0, 0.1) is 18.7 Å². The number of nitrogens with zero attached hydrogens (tertiary/aromatic N) is 1. The van der Waals surface area contributed by atoms with Gasteiger partial charge in [0.05, 0.1) is 5.56 Å². The molecule has 1 atom stereocenters. The first-order chi connectivity index (χ1) is 11.8. The smallest absolute Gasteiger partial charge is 0.251 e. The molecule has 2 aromatic rings. The Morgan fingerprint density at radius 2 is 1.96 bits per heavy atom. The van der Waals surface area contributed by atoms with E-state index >= 15 is 0 Å². The van der Waals surface area contributed by atoms with Gasteiger partial charge in [0, 0.05) is 23.0 Å². The maximum Gasteiger partial charge on any atom is 0.251 e. The number of halogens is 1. The van der Waals surface area contributed by atoms with E-state index in [0.717, 1.165) is 41.8 Å². The number of benzene rings is 1. The van der Waals surface area contributed by atoms with Crippen molar-refractivity contribution in [3.63, 3.8) is 0 Å². The van der Waals surface area contributed by atoms with Gasteiger partial charge in [-0.2, -0.15) is 0 Å². The Balaban J connectivity index is 2.82. The summed E-state index contributed by atoms with van der Waals surface area (Å²) >= 11 is 0. The van der Waals surface area contributed by atoms with Crippen LogP contribution in [0.4, 0.5) is 4.39 Å². The average Bonchev–Trinajstić information content (AvgIpc) is 2.84. The van der Waals surface area contributed by atoms with Gasteiger partial charge >= 0.3 is 0 Å². The molecule has 2 rings (SSSR count). The normalized spacial score (nSPS) is 12.6. The van der Waals surface area contributed by atoms with Gasteiger partial charge in [-0.3, -0.25) is 4.79 Å². The maximum atomic E-state index is 13.8. The Morgan fingerprint density at radius 1 is 1.28 bits per heavy atom. The van der Waals surface area contributed by atoms with Crippen LogP contribution >= 0.6 is 0 Å². The molecule has 0 saturated carbocycles.